The van der Waals surface area contributed by atoms with Gasteiger partial charge in [-0.25, -0.2) is 0 Å². The molecule has 0 heterocycles. The van der Waals surface area contributed by atoms with Crippen molar-refractivity contribution >= 4 is 5.91 Å². The van der Waals surface area contributed by atoms with E-state index in [1.165, 1.54) is 32.1 Å². The summed E-state index contributed by atoms with van der Waals surface area (Å²) >= 11 is 0. The van der Waals surface area contributed by atoms with Gasteiger partial charge in [-0.2, -0.15) is 0 Å². The van der Waals surface area contributed by atoms with Crippen molar-refractivity contribution < 1.29 is 4.79 Å². The quantitative estimate of drug-likeness (QED) is 0.703. The van der Waals surface area contributed by atoms with Crippen molar-refractivity contribution in [3.8, 4) is 0 Å². The van der Waals surface area contributed by atoms with Crippen molar-refractivity contribution in [2.24, 2.45) is 5.92 Å². The van der Waals surface area contributed by atoms with Crippen LogP contribution in [0.1, 0.15) is 45.4 Å². The Morgan fingerprint density at radius 2 is 2.00 bits per heavy atom. The van der Waals surface area contributed by atoms with E-state index in [9.17, 15) is 4.79 Å². The Morgan fingerprint density at radius 3 is 2.67 bits per heavy atom. The monoisotopic (exact) mass is 212 g/mol. The van der Waals surface area contributed by atoms with Crippen LogP contribution in [0.2, 0.25) is 0 Å². The van der Waals surface area contributed by atoms with Crippen molar-refractivity contribution in [3.63, 3.8) is 0 Å². The summed E-state index contributed by atoms with van der Waals surface area (Å²) in [6.07, 6.45) is 8.07. The summed E-state index contributed by atoms with van der Waals surface area (Å²) in [6, 6.07) is 0. The van der Waals surface area contributed by atoms with Crippen LogP contribution in [0.25, 0.3) is 0 Å². The zero-order valence-corrected chi connectivity index (χ0v) is 9.85. The lowest BCUT2D eigenvalue weighted by atomic mass is 9.87. The molecule has 0 radical (unpaired) electrons. The van der Waals surface area contributed by atoms with Crippen molar-refractivity contribution in [1.29, 1.82) is 0 Å². The summed E-state index contributed by atoms with van der Waals surface area (Å²) in [4.78, 5) is 11.3. The van der Waals surface area contributed by atoms with Gasteiger partial charge in [-0.15, -0.1) is 0 Å². The minimum Gasteiger partial charge on any atom is -0.355 e. The van der Waals surface area contributed by atoms with Gasteiger partial charge in [0.1, 0.15) is 0 Å². The number of carbonyl (C=O) groups is 1. The highest BCUT2D eigenvalue weighted by Crippen LogP contribution is 2.25. The van der Waals surface area contributed by atoms with Gasteiger partial charge in [0.15, 0.2) is 0 Å². The van der Waals surface area contributed by atoms with Gasteiger partial charge in [-0.05, 0) is 18.9 Å². The van der Waals surface area contributed by atoms with Gasteiger partial charge >= 0.3 is 0 Å². The van der Waals surface area contributed by atoms with Gasteiger partial charge in [-0.1, -0.05) is 39.0 Å². The first-order chi connectivity index (χ1) is 7.33. The molecule has 0 saturated heterocycles. The zero-order valence-electron chi connectivity index (χ0n) is 9.85. The second kappa shape index (κ2) is 7.69. The molecule has 3 heteroatoms. The van der Waals surface area contributed by atoms with Gasteiger partial charge in [0.25, 0.3) is 0 Å². The Balaban J connectivity index is 1.97. The maximum absolute atomic E-state index is 11.3. The smallest absolute Gasteiger partial charge is 0.233 e. The summed E-state index contributed by atoms with van der Waals surface area (Å²) in [5.41, 5.74) is 0. The van der Waals surface area contributed by atoms with Gasteiger partial charge in [0, 0.05) is 6.54 Å². The standard InChI is InChI=1S/C12H24N2O/c1-2-13-10-12(15)14-9-8-11-6-4-3-5-7-11/h11,13H,2-10H2,1H3,(H,14,15). The molecule has 0 spiro atoms. The Labute approximate surface area is 93.0 Å². The molecule has 1 amide bonds. The highest BCUT2D eigenvalue weighted by Gasteiger charge is 2.12. The highest BCUT2D eigenvalue weighted by molar-refractivity contribution is 5.77. The van der Waals surface area contributed by atoms with Crippen LogP contribution in [-0.2, 0) is 4.79 Å². The molecule has 1 saturated carbocycles. The Morgan fingerprint density at radius 1 is 1.27 bits per heavy atom. The van der Waals surface area contributed by atoms with E-state index in [2.05, 4.69) is 10.6 Å². The number of hydrogen-bond donors (Lipinski definition) is 2. The second-order valence-electron chi connectivity index (χ2n) is 4.42. The molecule has 1 aliphatic carbocycles. The van der Waals surface area contributed by atoms with Crippen LogP contribution in [0.4, 0.5) is 0 Å². The SMILES string of the molecule is CCNCC(=O)NCCC1CCCCC1. The molecule has 0 aromatic rings. The summed E-state index contributed by atoms with van der Waals surface area (Å²) < 4.78 is 0. The molecule has 0 aliphatic heterocycles. The Kier molecular flexibility index (Phi) is 6.41. The van der Waals surface area contributed by atoms with Crippen LogP contribution in [-0.4, -0.2) is 25.5 Å². The first kappa shape index (κ1) is 12.5. The zero-order chi connectivity index (χ0) is 10.9. The van der Waals surface area contributed by atoms with E-state index in [4.69, 9.17) is 0 Å². The third-order valence-electron chi connectivity index (χ3n) is 3.14. The largest absolute Gasteiger partial charge is 0.355 e. The molecule has 0 bridgehead atoms. The first-order valence-electron chi connectivity index (χ1n) is 6.30. The van der Waals surface area contributed by atoms with Crippen LogP contribution >= 0.6 is 0 Å². The van der Waals surface area contributed by atoms with Crippen molar-refractivity contribution in [1.82, 2.24) is 10.6 Å². The minimum atomic E-state index is 0.132. The highest BCUT2D eigenvalue weighted by atomic mass is 16.1. The number of rotatable bonds is 6. The second-order valence-corrected chi connectivity index (χ2v) is 4.42. The van der Waals surface area contributed by atoms with E-state index in [0.717, 1.165) is 25.4 Å². The van der Waals surface area contributed by atoms with Crippen LogP contribution in [0, 0.1) is 5.92 Å². The number of hydrogen-bond acceptors (Lipinski definition) is 2. The average Bonchev–Trinajstić information content (AvgIpc) is 2.28. The molecule has 0 unspecified atom stereocenters. The summed E-state index contributed by atoms with van der Waals surface area (Å²) in [5.74, 6) is 0.992. The normalized spacial score (nSPS) is 17.7. The molecule has 1 fully saturated rings. The molecule has 0 aromatic heterocycles. The third-order valence-corrected chi connectivity index (χ3v) is 3.14. The van der Waals surface area contributed by atoms with Gasteiger partial charge in [-0.3, -0.25) is 4.79 Å². The summed E-state index contributed by atoms with van der Waals surface area (Å²) in [6.45, 7) is 4.18. The lowest BCUT2D eigenvalue weighted by Gasteiger charge is -2.21. The number of amides is 1. The fourth-order valence-corrected chi connectivity index (χ4v) is 2.19. The van der Waals surface area contributed by atoms with Crippen LogP contribution in [0.15, 0.2) is 0 Å². The minimum absolute atomic E-state index is 0.132. The van der Waals surface area contributed by atoms with Crippen LogP contribution in [0.5, 0.6) is 0 Å². The molecular formula is C12H24N2O. The van der Waals surface area contributed by atoms with Crippen LogP contribution < -0.4 is 10.6 Å². The molecule has 1 rings (SSSR count). The molecule has 0 atom stereocenters. The van der Waals surface area contributed by atoms with E-state index in [0.29, 0.717) is 6.54 Å². The lowest BCUT2D eigenvalue weighted by Crippen LogP contribution is -2.34. The predicted molar refractivity (Wildman–Crippen MR) is 62.7 cm³/mol. The third kappa shape index (κ3) is 5.78. The first-order valence-corrected chi connectivity index (χ1v) is 6.30. The fraction of sp³-hybridized carbons (Fsp3) is 0.917. The van der Waals surface area contributed by atoms with E-state index < -0.39 is 0 Å². The summed E-state index contributed by atoms with van der Waals surface area (Å²) in [7, 11) is 0. The molecule has 1 aliphatic rings. The summed E-state index contributed by atoms with van der Waals surface area (Å²) in [5, 5.41) is 5.99. The van der Waals surface area contributed by atoms with E-state index in [1.807, 2.05) is 6.92 Å². The van der Waals surface area contributed by atoms with E-state index >= 15 is 0 Å². The fourth-order valence-electron chi connectivity index (χ4n) is 2.19. The van der Waals surface area contributed by atoms with E-state index in [-0.39, 0.29) is 5.91 Å². The average molecular weight is 212 g/mol. The topological polar surface area (TPSA) is 41.1 Å². The van der Waals surface area contributed by atoms with Crippen molar-refractivity contribution in [2.45, 2.75) is 45.4 Å². The van der Waals surface area contributed by atoms with Crippen LogP contribution in [0.3, 0.4) is 0 Å². The van der Waals surface area contributed by atoms with Crippen molar-refractivity contribution in [3.05, 3.63) is 0 Å². The van der Waals surface area contributed by atoms with Gasteiger partial charge in [0.05, 0.1) is 6.54 Å². The lowest BCUT2D eigenvalue weighted by molar-refractivity contribution is -0.120. The van der Waals surface area contributed by atoms with Gasteiger partial charge < -0.3 is 10.6 Å². The number of likely N-dealkylation sites (N-methyl/N-ethyl adjacent to an activating group) is 1. The molecule has 0 aromatic carbocycles. The Bertz CT molecular complexity index is 176. The number of nitrogens with one attached hydrogen (secondary N) is 2. The Hall–Kier alpha value is -0.570. The maximum Gasteiger partial charge on any atom is 0.233 e. The molecular weight excluding hydrogens is 188 g/mol. The molecule has 2 N–H and O–H groups in total. The maximum atomic E-state index is 11.3. The number of carbonyl (C=O) groups excluding carboxylic acids is 1. The van der Waals surface area contributed by atoms with Crippen molar-refractivity contribution in [2.75, 3.05) is 19.6 Å². The molecule has 15 heavy (non-hydrogen) atoms. The predicted octanol–water partition coefficient (Wildman–Crippen LogP) is 1.68. The molecule has 88 valence electrons. The molecule has 3 nitrogen and oxygen atoms in total. The van der Waals surface area contributed by atoms with Gasteiger partial charge in [0.2, 0.25) is 5.91 Å². The van der Waals surface area contributed by atoms with E-state index in [1.54, 1.807) is 0 Å².